The van der Waals surface area contributed by atoms with Crippen LogP contribution in [0.4, 0.5) is 10.8 Å². The van der Waals surface area contributed by atoms with E-state index in [0.717, 1.165) is 28.9 Å². The number of hydrogen-bond donors (Lipinski definition) is 1. The summed E-state index contributed by atoms with van der Waals surface area (Å²) in [5, 5.41) is 11.1. The molecule has 6 nitrogen and oxygen atoms in total. The Morgan fingerprint density at radius 3 is 2.22 bits per heavy atom. The summed E-state index contributed by atoms with van der Waals surface area (Å²) in [5.74, 6) is 1.12. The highest BCUT2D eigenvalue weighted by atomic mass is 32.2. The number of anilines is 2. The molecule has 0 saturated carbocycles. The molecule has 0 bridgehead atoms. The van der Waals surface area contributed by atoms with Crippen LogP contribution in [0.3, 0.4) is 0 Å². The minimum atomic E-state index is -0.736. The predicted molar refractivity (Wildman–Crippen MR) is 107 cm³/mol. The Kier molecular flexibility index (Phi) is 6.20. The molecular weight excluding hydrogens is 382 g/mol. The highest BCUT2D eigenvalue weighted by molar-refractivity contribution is 8.03. The zero-order valence-electron chi connectivity index (χ0n) is 14.7. The van der Waals surface area contributed by atoms with Crippen molar-refractivity contribution in [3.8, 4) is 11.5 Å². The molecule has 1 heterocycles. The lowest BCUT2D eigenvalue weighted by molar-refractivity contribution is -0.123. The Labute approximate surface area is 165 Å². The molecule has 0 radical (unpaired) electrons. The van der Waals surface area contributed by atoms with Gasteiger partial charge in [-0.05, 0) is 50.2 Å². The summed E-state index contributed by atoms with van der Waals surface area (Å²) in [6.07, 6.45) is 0. The van der Waals surface area contributed by atoms with E-state index in [2.05, 4.69) is 15.5 Å². The topological polar surface area (TPSA) is 81.2 Å². The molecule has 8 heteroatoms. The number of carbonyl (C=O) groups is 2. The fourth-order valence-electron chi connectivity index (χ4n) is 2.22. The van der Waals surface area contributed by atoms with Crippen molar-refractivity contribution < 1.29 is 14.3 Å². The number of aromatic nitrogens is 2. The molecule has 0 fully saturated rings. The fraction of sp³-hybridized carbons (Fsp3) is 0.158. The van der Waals surface area contributed by atoms with Gasteiger partial charge >= 0.3 is 0 Å². The summed E-state index contributed by atoms with van der Waals surface area (Å²) in [4.78, 5) is 23.1. The molecule has 1 aromatic heterocycles. The number of nitrogens with zero attached hydrogens (tertiary/aromatic N) is 2. The van der Waals surface area contributed by atoms with Crippen LogP contribution in [-0.4, -0.2) is 27.0 Å². The van der Waals surface area contributed by atoms with Crippen LogP contribution in [0.15, 0.2) is 58.9 Å². The van der Waals surface area contributed by atoms with Crippen LogP contribution in [0, 0.1) is 0 Å². The van der Waals surface area contributed by atoms with Crippen molar-refractivity contribution in [2.75, 3.05) is 5.32 Å². The highest BCUT2D eigenvalue weighted by Gasteiger charge is 2.22. The van der Waals surface area contributed by atoms with Gasteiger partial charge in [0.2, 0.25) is 5.13 Å². The summed E-state index contributed by atoms with van der Waals surface area (Å²) in [6, 6.07) is 17.0. The molecule has 2 aromatic carbocycles. The Hall–Kier alpha value is -2.71. The van der Waals surface area contributed by atoms with Gasteiger partial charge in [-0.25, -0.2) is 0 Å². The summed E-state index contributed by atoms with van der Waals surface area (Å²) in [6.45, 7) is 2.80. The summed E-state index contributed by atoms with van der Waals surface area (Å²) < 4.78 is 6.32. The number of para-hydroxylation sites is 1. The monoisotopic (exact) mass is 399 g/mol. The lowest BCUT2D eigenvalue weighted by Crippen LogP contribution is -2.21. The number of thioether (sulfide) groups is 1. The molecule has 0 unspecified atom stereocenters. The van der Waals surface area contributed by atoms with Crippen LogP contribution >= 0.6 is 23.1 Å². The van der Waals surface area contributed by atoms with E-state index in [1.165, 1.54) is 25.2 Å². The molecule has 0 aliphatic heterocycles. The molecule has 138 valence electrons. The average Bonchev–Trinajstić information content (AvgIpc) is 3.09. The molecule has 0 saturated heterocycles. The van der Waals surface area contributed by atoms with Crippen molar-refractivity contribution in [3.63, 3.8) is 0 Å². The third-order valence-electron chi connectivity index (χ3n) is 3.45. The van der Waals surface area contributed by atoms with Crippen LogP contribution in [0.2, 0.25) is 0 Å². The Balaban J connectivity index is 1.62. The molecule has 1 N–H and O–H groups in total. The largest absolute Gasteiger partial charge is 0.457 e. The predicted octanol–water partition coefficient (Wildman–Crippen LogP) is 4.71. The third kappa shape index (κ3) is 5.38. The number of ether oxygens (including phenoxy) is 1. The molecule has 0 aliphatic rings. The second-order valence-electron chi connectivity index (χ2n) is 5.66. The zero-order chi connectivity index (χ0) is 19.2. The molecule has 3 aromatic rings. The molecule has 0 aliphatic carbocycles. The van der Waals surface area contributed by atoms with Gasteiger partial charge in [-0.1, -0.05) is 41.3 Å². The smallest absolute Gasteiger partial charge is 0.210 e. The van der Waals surface area contributed by atoms with E-state index < -0.39 is 5.25 Å². The third-order valence-corrected chi connectivity index (χ3v) is 5.80. The van der Waals surface area contributed by atoms with E-state index in [0.29, 0.717) is 9.47 Å². The second kappa shape index (κ2) is 8.79. The number of nitrogens with one attached hydrogen (secondary N) is 1. The number of rotatable bonds is 8. The van der Waals surface area contributed by atoms with Gasteiger partial charge < -0.3 is 10.1 Å². The van der Waals surface area contributed by atoms with E-state index >= 15 is 0 Å². The second-order valence-corrected chi connectivity index (χ2v) is 7.99. The molecule has 27 heavy (non-hydrogen) atoms. The van der Waals surface area contributed by atoms with Crippen molar-refractivity contribution in [3.05, 3.63) is 54.6 Å². The van der Waals surface area contributed by atoms with Crippen LogP contribution in [-0.2, 0) is 9.59 Å². The molecule has 3 rings (SSSR count). The first-order valence-electron chi connectivity index (χ1n) is 8.12. The molecule has 0 amide bonds. The number of carbonyl (C=O) groups excluding carboxylic acids is 2. The molecule has 0 spiro atoms. The first-order valence-corrected chi connectivity index (χ1v) is 9.82. The van der Waals surface area contributed by atoms with Crippen molar-refractivity contribution >= 4 is 45.5 Å². The van der Waals surface area contributed by atoms with Crippen molar-refractivity contribution in [2.24, 2.45) is 0 Å². The van der Waals surface area contributed by atoms with Crippen LogP contribution in [0.1, 0.15) is 13.8 Å². The maximum atomic E-state index is 11.5. The summed E-state index contributed by atoms with van der Waals surface area (Å²) >= 11 is 2.42. The van der Waals surface area contributed by atoms with E-state index in [4.69, 9.17) is 4.74 Å². The lowest BCUT2D eigenvalue weighted by Gasteiger charge is -2.07. The quantitative estimate of drug-likeness (QED) is 0.434. The van der Waals surface area contributed by atoms with Crippen molar-refractivity contribution in [1.29, 1.82) is 0 Å². The average molecular weight is 399 g/mol. The maximum absolute atomic E-state index is 11.5. The number of ketones is 2. The zero-order valence-corrected chi connectivity index (χ0v) is 16.3. The van der Waals surface area contributed by atoms with Crippen LogP contribution in [0.5, 0.6) is 11.5 Å². The molecular formula is C19H17N3O3S2. The lowest BCUT2D eigenvalue weighted by atomic mass is 10.2. The van der Waals surface area contributed by atoms with Gasteiger partial charge in [0.15, 0.2) is 15.9 Å². The van der Waals surface area contributed by atoms with Crippen molar-refractivity contribution in [1.82, 2.24) is 10.2 Å². The van der Waals surface area contributed by atoms with Gasteiger partial charge in [0.05, 0.1) is 0 Å². The number of benzene rings is 2. The fourth-order valence-corrected chi connectivity index (χ4v) is 4.05. The first-order chi connectivity index (χ1) is 13.0. The summed E-state index contributed by atoms with van der Waals surface area (Å²) in [7, 11) is 0. The first kappa shape index (κ1) is 19.1. The highest BCUT2D eigenvalue weighted by Crippen LogP contribution is 2.31. The normalized spacial score (nSPS) is 10.6. The van der Waals surface area contributed by atoms with Gasteiger partial charge in [-0.3, -0.25) is 9.59 Å². The Morgan fingerprint density at radius 1 is 0.963 bits per heavy atom. The van der Waals surface area contributed by atoms with E-state index in [1.54, 1.807) is 0 Å². The van der Waals surface area contributed by atoms with Gasteiger partial charge in [0.1, 0.15) is 16.7 Å². The van der Waals surface area contributed by atoms with E-state index in [9.17, 15) is 9.59 Å². The van der Waals surface area contributed by atoms with Gasteiger partial charge in [-0.15, -0.1) is 10.2 Å². The van der Waals surface area contributed by atoms with Crippen molar-refractivity contribution in [2.45, 2.75) is 23.4 Å². The van der Waals surface area contributed by atoms with Crippen LogP contribution < -0.4 is 10.1 Å². The van der Waals surface area contributed by atoms with Gasteiger partial charge in [0.25, 0.3) is 0 Å². The van der Waals surface area contributed by atoms with E-state index in [-0.39, 0.29) is 11.6 Å². The standard InChI is InChI=1S/C19H17N3O3S2/c1-12(23)17(13(2)24)26-19-22-21-18(27-19)20-14-8-10-16(11-9-14)25-15-6-4-3-5-7-15/h3-11,17H,1-2H3,(H,20,21). The van der Waals surface area contributed by atoms with Gasteiger partial charge in [-0.2, -0.15) is 0 Å². The minimum absolute atomic E-state index is 0.189. The van der Waals surface area contributed by atoms with E-state index in [1.807, 2.05) is 54.6 Å². The Bertz CT molecular complexity index is 913. The van der Waals surface area contributed by atoms with Crippen LogP contribution in [0.25, 0.3) is 0 Å². The maximum Gasteiger partial charge on any atom is 0.210 e. The van der Waals surface area contributed by atoms with Gasteiger partial charge in [0, 0.05) is 5.69 Å². The SMILES string of the molecule is CC(=O)C(Sc1nnc(Nc2ccc(Oc3ccccc3)cc2)s1)C(C)=O. The summed E-state index contributed by atoms with van der Waals surface area (Å²) in [5.41, 5.74) is 0.831. The Morgan fingerprint density at radius 2 is 1.59 bits per heavy atom. The number of hydrogen-bond acceptors (Lipinski definition) is 8. The number of Topliss-reactive ketones (excluding diaryl/α,β-unsaturated/α-hetero) is 2. The molecule has 0 atom stereocenters. The minimum Gasteiger partial charge on any atom is -0.457 e.